The molecule has 10 heteroatoms. The minimum atomic E-state index is -0.718. The van der Waals surface area contributed by atoms with Gasteiger partial charge in [0.2, 0.25) is 0 Å². The van der Waals surface area contributed by atoms with Crippen LogP contribution in [0.3, 0.4) is 0 Å². The molecule has 5 aromatic rings. The number of ether oxygens (including phenoxy) is 2. The summed E-state index contributed by atoms with van der Waals surface area (Å²) >= 11 is 13.9. The zero-order valence-electron chi connectivity index (χ0n) is 24.6. The van der Waals surface area contributed by atoms with E-state index in [1.807, 2.05) is 72.9 Å². The Kier molecular flexibility index (Phi) is 8.81. The van der Waals surface area contributed by atoms with Crippen LogP contribution in [-0.4, -0.2) is 28.3 Å². The van der Waals surface area contributed by atoms with Crippen molar-refractivity contribution in [2.45, 2.75) is 26.4 Å². The summed E-state index contributed by atoms with van der Waals surface area (Å²) in [6.07, 6.45) is 5.57. The van der Waals surface area contributed by atoms with Crippen LogP contribution >= 0.6 is 34.5 Å². The number of benzene rings is 3. The Hall–Kier alpha value is -4.37. The molecule has 45 heavy (non-hydrogen) atoms. The molecule has 2 aromatic heterocycles. The maximum absolute atomic E-state index is 14.2. The molecule has 0 spiro atoms. The van der Waals surface area contributed by atoms with Crippen LogP contribution in [0.25, 0.3) is 17.0 Å². The molecular weight excluding hydrogens is 629 g/mol. The summed E-state index contributed by atoms with van der Waals surface area (Å²) in [4.78, 5) is 32.6. The number of rotatable bonds is 9. The average molecular weight is 659 g/mol. The molecule has 0 amide bonds. The van der Waals surface area contributed by atoms with Gasteiger partial charge in [-0.1, -0.05) is 83.6 Å². The molecular formula is C35H29Cl2N3O4S. The molecule has 3 heterocycles. The molecule has 7 nitrogen and oxygen atoms in total. The van der Waals surface area contributed by atoms with Gasteiger partial charge in [0, 0.05) is 39.3 Å². The van der Waals surface area contributed by atoms with Gasteiger partial charge in [0.15, 0.2) is 4.80 Å². The number of thiazole rings is 1. The highest BCUT2D eigenvalue weighted by atomic mass is 35.5. The van der Waals surface area contributed by atoms with E-state index >= 15 is 0 Å². The van der Waals surface area contributed by atoms with Crippen molar-refractivity contribution in [3.8, 4) is 5.75 Å². The number of halogens is 2. The third kappa shape index (κ3) is 6.01. The van der Waals surface area contributed by atoms with E-state index in [1.165, 1.54) is 11.3 Å². The summed E-state index contributed by atoms with van der Waals surface area (Å²) in [5.41, 5.74) is 4.13. The van der Waals surface area contributed by atoms with Gasteiger partial charge in [-0.05, 0) is 61.4 Å². The first-order valence-corrected chi connectivity index (χ1v) is 15.9. The summed E-state index contributed by atoms with van der Waals surface area (Å²) in [6, 6.07) is 20.1. The largest absolute Gasteiger partial charge is 0.490 e. The summed E-state index contributed by atoms with van der Waals surface area (Å²) in [7, 11) is 0. The minimum Gasteiger partial charge on any atom is -0.490 e. The third-order valence-electron chi connectivity index (χ3n) is 7.54. The Bertz CT molecular complexity index is 2160. The number of esters is 1. The van der Waals surface area contributed by atoms with Crippen LogP contribution in [0.4, 0.5) is 0 Å². The molecule has 1 aliphatic rings. The highest BCUT2D eigenvalue weighted by molar-refractivity contribution is 7.07. The van der Waals surface area contributed by atoms with E-state index in [2.05, 4.69) is 11.1 Å². The second kappa shape index (κ2) is 12.9. The van der Waals surface area contributed by atoms with Crippen LogP contribution in [0.2, 0.25) is 10.0 Å². The molecule has 0 bridgehead atoms. The molecule has 0 aliphatic carbocycles. The third-order valence-corrected chi connectivity index (χ3v) is 9.11. The van der Waals surface area contributed by atoms with E-state index in [4.69, 9.17) is 37.7 Å². The van der Waals surface area contributed by atoms with Crippen LogP contribution in [0, 0.1) is 0 Å². The van der Waals surface area contributed by atoms with Gasteiger partial charge in [-0.2, -0.15) is 0 Å². The first-order chi connectivity index (χ1) is 21.8. The predicted molar refractivity (Wildman–Crippen MR) is 180 cm³/mol. The lowest BCUT2D eigenvalue weighted by Crippen LogP contribution is -2.39. The number of hydrogen-bond donors (Lipinski definition) is 0. The first kappa shape index (κ1) is 30.6. The second-order valence-electron chi connectivity index (χ2n) is 10.4. The molecule has 6 rings (SSSR count). The molecule has 228 valence electrons. The zero-order valence-corrected chi connectivity index (χ0v) is 27.0. The summed E-state index contributed by atoms with van der Waals surface area (Å²) in [5.74, 6) is 0.148. The normalized spacial score (nSPS) is 14.8. The van der Waals surface area contributed by atoms with Crippen molar-refractivity contribution >= 4 is 57.5 Å². The molecule has 3 aromatic carbocycles. The second-order valence-corrected chi connectivity index (χ2v) is 12.3. The molecule has 0 fully saturated rings. The number of fused-ring (bicyclic) bond motifs is 2. The molecule has 0 N–H and O–H groups in total. The van der Waals surface area contributed by atoms with Gasteiger partial charge in [-0.15, -0.1) is 0 Å². The fourth-order valence-electron chi connectivity index (χ4n) is 5.50. The molecule has 0 radical (unpaired) electrons. The zero-order chi connectivity index (χ0) is 31.7. The Labute approximate surface area is 273 Å². The lowest BCUT2D eigenvalue weighted by atomic mass is 9.96. The van der Waals surface area contributed by atoms with Crippen LogP contribution in [0.5, 0.6) is 5.75 Å². The van der Waals surface area contributed by atoms with Gasteiger partial charge in [-0.25, -0.2) is 9.79 Å². The van der Waals surface area contributed by atoms with Crippen LogP contribution in [0.1, 0.15) is 36.6 Å². The Morgan fingerprint density at radius 1 is 1.11 bits per heavy atom. The van der Waals surface area contributed by atoms with Crippen molar-refractivity contribution in [2.75, 3.05) is 13.2 Å². The molecule has 1 atom stereocenters. The minimum absolute atomic E-state index is 0.201. The SMILES string of the molecule is C=CCOc1ccc([C@H]2C(C(=O)OCC)=C(C)N=c3s/c(=C\c4cn(Cc5ccc(Cl)cc5Cl)c5ccccc45)c(=O)n32)cc1. The van der Waals surface area contributed by atoms with Crippen molar-refractivity contribution in [1.82, 2.24) is 9.13 Å². The number of hydrogen-bond acceptors (Lipinski definition) is 6. The summed E-state index contributed by atoms with van der Waals surface area (Å²) < 4.78 is 15.3. The van der Waals surface area contributed by atoms with Gasteiger partial charge >= 0.3 is 5.97 Å². The Morgan fingerprint density at radius 2 is 1.89 bits per heavy atom. The van der Waals surface area contributed by atoms with E-state index in [0.29, 0.717) is 49.6 Å². The molecule has 1 aliphatic heterocycles. The van der Waals surface area contributed by atoms with Crippen LogP contribution in [-0.2, 0) is 16.1 Å². The van der Waals surface area contributed by atoms with Crippen LogP contribution in [0.15, 0.2) is 107 Å². The maximum Gasteiger partial charge on any atom is 0.338 e. The lowest BCUT2D eigenvalue weighted by molar-refractivity contribution is -0.139. The quantitative estimate of drug-likeness (QED) is 0.131. The van der Waals surface area contributed by atoms with Gasteiger partial charge in [0.25, 0.3) is 5.56 Å². The monoisotopic (exact) mass is 657 g/mol. The Balaban J connectivity index is 1.48. The van der Waals surface area contributed by atoms with Gasteiger partial charge in [0.1, 0.15) is 12.4 Å². The highest BCUT2D eigenvalue weighted by Gasteiger charge is 2.33. The standard InChI is InChI=1S/C35H29Cl2N3O4S/c1-4-16-44-26-14-11-22(12-15-26)32-31(34(42)43-5-2)21(3)38-35-40(32)33(41)30(45-35)17-24-20-39(29-9-7-6-8-27(24)29)19-23-10-13-25(36)18-28(23)37/h4,6-15,17-18,20,32H,1,5,16,19H2,2-3H3/b30-17-/t32-/m0/s1. The highest BCUT2D eigenvalue weighted by Crippen LogP contribution is 2.32. The number of para-hydroxylation sites is 1. The van der Waals surface area contributed by atoms with Gasteiger partial charge < -0.3 is 14.0 Å². The molecule has 0 saturated heterocycles. The number of aromatic nitrogens is 2. The van der Waals surface area contributed by atoms with Crippen molar-refractivity contribution < 1.29 is 14.3 Å². The molecule has 0 saturated carbocycles. The fraction of sp³-hybridized carbons (Fsp3) is 0.171. The van der Waals surface area contributed by atoms with E-state index in [-0.39, 0.29) is 12.2 Å². The van der Waals surface area contributed by atoms with E-state index in [1.54, 1.807) is 30.6 Å². The van der Waals surface area contributed by atoms with E-state index < -0.39 is 12.0 Å². The maximum atomic E-state index is 14.2. The van der Waals surface area contributed by atoms with Crippen molar-refractivity contribution in [3.63, 3.8) is 0 Å². The average Bonchev–Trinajstić information content (AvgIpc) is 3.53. The van der Waals surface area contributed by atoms with Gasteiger partial charge in [0.05, 0.1) is 28.5 Å². The Morgan fingerprint density at radius 3 is 2.62 bits per heavy atom. The smallest absolute Gasteiger partial charge is 0.338 e. The van der Waals surface area contributed by atoms with Gasteiger partial charge in [-0.3, -0.25) is 9.36 Å². The number of carbonyl (C=O) groups excluding carboxylic acids is 1. The lowest BCUT2D eigenvalue weighted by Gasteiger charge is -2.24. The van der Waals surface area contributed by atoms with Crippen molar-refractivity contribution in [3.05, 3.63) is 143 Å². The number of carbonyl (C=O) groups is 1. The summed E-state index contributed by atoms with van der Waals surface area (Å²) in [6.45, 7) is 8.31. The van der Waals surface area contributed by atoms with Crippen molar-refractivity contribution in [2.24, 2.45) is 4.99 Å². The summed E-state index contributed by atoms with van der Waals surface area (Å²) in [5, 5.41) is 2.15. The fourth-order valence-corrected chi connectivity index (χ4v) is 7.01. The number of nitrogens with zero attached hydrogens (tertiary/aromatic N) is 3. The van der Waals surface area contributed by atoms with E-state index in [9.17, 15) is 9.59 Å². The van der Waals surface area contributed by atoms with Crippen molar-refractivity contribution in [1.29, 1.82) is 0 Å². The first-order valence-electron chi connectivity index (χ1n) is 14.3. The van der Waals surface area contributed by atoms with E-state index in [0.717, 1.165) is 27.6 Å². The number of allylic oxidation sites excluding steroid dienone is 1. The predicted octanol–water partition coefficient (Wildman–Crippen LogP) is 6.67. The topological polar surface area (TPSA) is 74.8 Å². The van der Waals surface area contributed by atoms with Crippen LogP contribution < -0.4 is 19.6 Å². The molecule has 0 unspecified atom stereocenters.